The summed E-state index contributed by atoms with van der Waals surface area (Å²) < 4.78 is 32.7. The fourth-order valence-electron chi connectivity index (χ4n) is 2.41. The predicted octanol–water partition coefficient (Wildman–Crippen LogP) is 3.25. The lowest BCUT2D eigenvalue weighted by Gasteiger charge is -2.32. The Labute approximate surface area is 107 Å². The molecule has 0 aliphatic carbocycles. The van der Waals surface area contributed by atoms with Crippen LogP contribution in [0.3, 0.4) is 0 Å². The number of nitrogens with one attached hydrogen (secondary N) is 1. The third-order valence-corrected chi connectivity index (χ3v) is 3.68. The SMILES string of the molecule is CCC(CC)(CNC)c1cc(F)c(OC)cc1F. The van der Waals surface area contributed by atoms with Crippen LogP contribution >= 0.6 is 0 Å². The maximum atomic E-state index is 14.1. The van der Waals surface area contributed by atoms with Crippen LogP contribution in [0.4, 0.5) is 8.78 Å². The Hall–Kier alpha value is -1.16. The summed E-state index contributed by atoms with van der Waals surface area (Å²) in [6.45, 7) is 4.59. The Morgan fingerprint density at radius 1 is 1.17 bits per heavy atom. The molecule has 0 saturated heterocycles. The molecule has 0 bridgehead atoms. The first-order valence-electron chi connectivity index (χ1n) is 6.22. The van der Waals surface area contributed by atoms with E-state index < -0.39 is 11.6 Å². The molecule has 0 aliphatic rings. The number of ether oxygens (including phenoxy) is 1. The second-order valence-corrected chi connectivity index (χ2v) is 4.48. The Morgan fingerprint density at radius 2 is 1.78 bits per heavy atom. The van der Waals surface area contributed by atoms with Crippen LogP contribution in [0.1, 0.15) is 32.3 Å². The van der Waals surface area contributed by atoms with Crippen molar-refractivity contribution < 1.29 is 13.5 Å². The van der Waals surface area contributed by atoms with Crippen LogP contribution in [0.15, 0.2) is 12.1 Å². The summed E-state index contributed by atoms with van der Waals surface area (Å²) in [5.41, 5.74) is 0.0338. The standard InChI is InChI=1S/C14H21F2NO/c1-5-14(6-2,9-17-3)10-7-12(16)13(18-4)8-11(10)15/h7-8,17H,5-6,9H2,1-4H3. The second kappa shape index (κ2) is 6.14. The van der Waals surface area contributed by atoms with E-state index in [0.29, 0.717) is 12.1 Å². The minimum atomic E-state index is -0.517. The Bertz CT molecular complexity index is 403. The van der Waals surface area contributed by atoms with Crippen molar-refractivity contribution in [3.8, 4) is 5.75 Å². The van der Waals surface area contributed by atoms with Crippen LogP contribution in [0.2, 0.25) is 0 Å². The van der Waals surface area contributed by atoms with E-state index in [0.717, 1.165) is 18.9 Å². The first-order chi connectivity index (χ1) is 8.54. The van der Waals surface area contributed by atoms with Gasteiger partial charge in [-0.15, -0.1) is 0 Å². The highest BCUT2D eigenvalue weighted by molar-refractivity contribution is 5.35. The van der Waals surface area contributed by atoms with E-state index in [4.69, 9.17) is 4.74 Å². The topological polar surface area (TPSA) is 21.3 Å². The molecule has 0 fully saturated rings. The fraction of sp³-hybridized carbons (Fsp3) is 0.571. The van der Waals surface area contributed by atoms with Crippen molar-refractivity contribution in [3.63, 3.8) is 0 Å². The molecule has 0 aromatic heterocycles. The maximum Gasteiger partial charge on any atom is 0.165 e. The molecule has 1 aromatic carbocycles. The van der Waals surface area contributed by atoms with E-state index in [2.05, 4.69) is 5.32 Å². The molecule has 0 saturated carbocycles. The molecule has 102 valence electrons. The third-order valence-electron chi connectivity index (χ3n) is 3.68. The highest BCUT2D eigenvalue weighted by Crippen LogP contribution is 2.35. The summed E-state index contributed by atoms with van der Waals surface area (Å²) in [5, 5.41) is 3.06. The highest BCUT2D eigenvalue weighted by Gasteiger charge is 2.31. The summed E-state index contributed by atoms with van der Waals surface area (Å²) >= 11 is 0. The summed E-state index contributed by atoms with van der Waals surface area (Å²) in [6.07, 6.45) is 1.49. The van der Waals surface area contributed by atoms with Gasteiger partial charge in [0.15, 0.2) is 11.6 Å². The van der Waals surface area contributed by atoms with E-state index in [1.54, 1.807) is 0 Å². The second-order valence-electron chi connectivity index (χ2n) is 4.48. The van der Waals surface area contributed by atoms with Crippen LogP contribution in [0.5, 0.6) is 5.75 Å². The van der Waals surface area contributed by atoms with E-state index >= 15 is 0 Å². The van der Waals surface area contributed by atoms with Gasteiger partial charge in [-0.05, 0) is 31.5 Å². The maximum absolute atomic E-state index is 14.1. The van der Waals surface area contributed by atoms with Gasteiger partial charge in [-0.1, -0.05) is 13.8 Å². The first-order valence-corrected chi connectivity index (χ1v) is 6.22. The summed E-state index contributed by atoms with van der Waals surface area (Å²) in [5.74, 6) is -0.981. The zero-order valence-electron chi connectivity index (χ0n) is 11.4. The number of halogens is 2. The van der Waals surface area contributed by atoms with Crippen LogP contribution in [-0.2, 0) is 5.41 Å². The van der Waals surface area contributed by atoms with Crippen molar-refractivity contribution in [2.24, 2.45) is 0 Å². The Morgan fingerprint density at radius 3 is 2.22 bits per heavy atom. The zero-order chi connectivity index (χ0) is 13.8. The van der Waals surface area contributed by atoms with Gasteiger partial charge in [-0.2, -0.15) is 0 Å². The molecule has 0 radical (unpaired) electrons. The van der Waals surface area contributed by atoms with Gasteiger partial charge >= 0.3 is 0 Å². The van der Waals surface area contributed by atoms with E-state index in [1.807, 2.05) is 20.9 Å². The third kappa shape index (κ3) is 2.64. The molecule has 1 rings (SSSR count). The van der Waals surface area contributed by atoms with E-state index in [9.17, 15) is 8.78 Å². The van der Waals surface area contributed by atoms with Gasteiger partial charge in [-0.3, -0.25) is 0 Å². The van der Waals surface area contributed by atoms with Gasteiger partial charge in [-0.25, -0.2) is 8.78 Å². The molecular formula is C14H21F2NO. The summed E-state index contributed by atoms with van der Waals surface area (Å²) in [4.78, 5) is 0. The monoisotopic (exact) mass is 257 g/mol. The molecule has 2 nitrogen and oxygen atoms in total. The normalized spacial score (nSPS) is 11.7. The average Bonchev–Trinajstić information content (AvgIpc) is 2.38. The van der Waals surface area contributed by atoms with E-state index in [1.165, 1.54) is 13.2 Å². The van der Waals surface area contributed by atoms with Crippen LogP contribution in [0.25, 0.3) is 0 Å². The Balaban J connectivity index is 3.32. The average molecular weight is 257 g/mol. The number of methoxy groups -OCH3 is 1. The minimum Gasteiger partial charge on any atom is -0.494 e. The molecule has 1 N–H and O–H groups in total. The molecular weight excluding hydrogens is 236 g/mol. The lowest BCUT2D eigenvalue weighted by molar-refractivity contribution is 0.351. The largest absolute Gasteiger partial charge is 0.494 e. The number of hydrogen-bond acceptors (Lipinski definition) is 2. The number of rotatable bonds is 6. The van der Waals surface area contributed by atoms with Crippen LogP contribution < -0.4 is 10.1 Å². The van der Waals surface area contributed by atoms with Gasteiger partial charge in [0.05, 0.1) is 7.11 Å². The predicted molar refractivity (Wildman–Crippen MR) is 69.1 cm³/mol. The van der Waals surface area contributed by atoms with Gasteiger partial charge in [0, 0.05) is 18.0 Å². The molecule has 0 atom stereocenters. The summed E-state index contributed by atoms with van der Waals surface area (Å²) in [6, 6.07) is 2.39. The molecule has 4 heteroatoms. The highest BCUT2D eigenvalue weighted by atomic mass is 19.1. The Kier molecular flexibility index (Phi) is 5.08. The molecule has 18 heavy (non-hydrogen) atoms. The lowest BCUT2D eigenvalue weighted by atomic mass is 9.75. The summed E-state index contributed by atoms with van der Waals surface area (Å²) in [7, 11) is 3.15. The fourth-order valence-corrected chi connectivity index (χ4v) is 2.41. The van der Waals surface area contributed by atoms with Crippen molar-refractivity contribution in [2.75, 3.05) is 20.7 Å². The van der Waals surface area contributed by atoms with Crippen molar-refractivity contribution >= 4 is 0 Å². The molecule has 0 amide bonds. The zero-order valence-corrected chi connectivity index (χ0v) is 11.4. The quantitative estimate of drug-likeness (QED) is 0.844. The van der Waals surface area contributed by atoms with Crippen LogP contribution in [-0.4, -0.2) is 20.7 Å². The molecule has 0 aliphatic heterocycles. The van der Waals surface area contributed by atoms with Crippen molar-refractivity contribution in [1.82, 2.24) is 5.32 Å². The van der Waals surface area contributed by atoms with Crippen molar-refractivity contribution in [3.05, 3.63) is 29.3 Å². The smallest absolute Gasteiger partial charge is 0.165 e. The minimum absolute atomic E-state index is 0.0539. The van der Waals surface area contributed by atoms with Crippen LogP contribution in [0, 0.1) is 11.6 Å². The van der Waals surface area contributed by atoms with Gasteiger partial charge < -0.3 is 10.1 Å². The first kappa shape index (κ1) is 14.9. The molecule has 0 spiro atoms. The van der Waals surface area contributed by atoms with Gasteiger partial charge in [0.25, 0.3) is 0 Å². The number of hydrogen-bond donors (Lipinski definition) is 1. The van der Waals surface area contributed by atoms with Crippen molar-refractivity contribution in [1.29, 1.82) is 0 Å². The van der Waals surface area contributed by atoms with Gasteiger partial charge in [0.2, 0.25) is 0 Å². The lowest BCUT2D eigenvalue weighted by Crippen LogP contribution is -2.36. The molecule has 0 unspecified atom stereocenters. The molecule has 0 heterocycles. The molecule has 1 aromatic rings. The van der Waals surface area contributed by atoms with E-state index in [-0.39, 0.29) is 11.2 Å². The number of likely N-dealkylation sites (N-methyl/N-ethyl adjacent to an activating group) is 1. The number of benzene rings is 1. The van der Waals surface area contributed by atoms with Crippen molar-refractivity contribution in [2.45, 2.75) is 32.1 Å². The van der Waals surface area contributed by atoms with Gasteiger partial charge in [0.1, 0.15) is 5.82 Å².